The van der Waals surface area contributed by atoms with Crippen LogP contribution in [0.3, 0.4) is 0 Å². The molecule has 4 atom stereocenters. The SMILES string of the molecule is Nc1nc2c(CCNc3ncnc4c3ncn4[C@@H]3O[C@H](CO)[C@@H](O)[C@H]3O)cccc2s1. The highest BCUT2D eigenvalue weighted by Gasteiger charge is 2.44. The third-order valence-electron chi connectivity index (χ3n) is 5.36. The summed E-state index contributed by atoms with van der Waals surface area (Å²) in [5.41, 5.74) is 8.79. The molecule has 1 fully saturated rings. The second-order valence-corrected chi connectivity index (χ2v) is 8.33. The predicted octanol–water partition coefficient (Wildman–Crippen LogP) is 0.284. The lowest BCUT2D eigenvalue weighted by molar-refractivity contribution is -0.0511. The Morgan fingerprint density at radius 1 is 1.16 bits per heavy atom. The summed E-state index contributed by atoms with van der Waals surface area (Å²) in [5.74, 6) is 0.542. The van der Waals surface area contributed by atoms with E-state index in [0.717, 1.165) is 15.8 Å². The number of aromatic nitrogens is 5. The van der Waals surface area contributed by atoms with E-state index in [-0.39, 0.29) is 0 Å². The molecule has 0 unspecified atom stereocenters. The summed E-state index contributed by atoms with van der Waals surface area (Å²) >= 11 is 1.46. The van der Waals surface area contributed by atoms with Crippen LogP contribution >= 0.6 is 11.3 Å². The van der Waals surface area contributed by atoms with E-state index < -0.39 is 31.1 Å². The molecular weight excluding hydrogens is 422 g/mol. The Labute approximate surface area is 180 Å². The molecule has 5 rings (SSSR count). The Morgan fingerprint density at radius 2 is 2.03 bits per heavy atom. The van der Waals surface area contributed by atoms with Crippen LogP contribution in [0.5, 0.6) is 0 Å². The van der Waals surface area contributed by atoms with E-state index in [2.05, 4.69) is 25.3 Å². The van der Waals surface area contributed by atoms with Gasteiger partial charge >= 0.3 is 0 Å². The van der Waals surface area contributed by atoms with Crippen LogP contribution in [0, 0.1) is 0 Å². The molecule has 0 bridgehead atoms. The standard InChI is InChI=1S/C19H21N7O4S/c20-19-25-12-9(2-1-3-11(12)31-19)4-5-21-16-13-17(23-7-22-16)26(8-24-13)18-15(29)14(28)10(6-27)30-18/h1-3,7-8,10,14-15,18,27-29H,4-6H2,(H2,20,25)(H,21,22,23)/t10-,14-,15-,18-/m1/s1. The third kappa shape index (κ3) is 3.47. The number of aliphatic hydroxyl groups is 3. The van der Waals surface area contributed by atoms with Gasteiger partial charge in [-0.3, -0.25) is 4.57 Å². The quantitative estimate of drug-likeness (QED) is 0.280. The number of aliphatic hydroxyl groups excluding tert-OH is 3. The molecule has 3 aromatic heterocycles. The van der Waals surface area contributed by atoms with Gasteiger partial charge in [0.25, 0.3) is 0 Å². The lowest BCUT2D eigenvalue weighted by Crippen LogP contribution is -2.33. The monoisotopic (exact) mass is 443 g/mol. The van der Waals surface area contributed by atoms with Gasteiger partial charge in [-0.05, 0) is 18.1 Å². The summed E-state index contributed by atoms with van der Waals surface area (Å²) in [6.07, 6.45) is -0.620. The van der Waals surface area contributed by atoms with Gasteiger partial charge in [-0.1, -0.05) is 23.5 Å². The predicted molar refractivity (Wildman–Crippen MR) is 115 cm³/mol. The number of thiazole rings is 1. The number of nitrogen functional groups attached to an aromatic ring is 1. The van der Waals surface area contributed by atoms with Crippen molar-refractivity contribution in [3.8, 4) is 0 Å². The Balaban J connectivity index is 1.35. The zero-order valence-corrected chi connectivity index (χ0v) is 17.1. The van der Waals surface area contributed by atoms with Crippen molar-refractivity contribution in [2.24, 2.45) is 0 Å². The second-order valence-electron chi connectivity index (χ2n) is 7.27. The van der Waals surface area contributed by atoms with E-state index in [4.69, 9.17) is 10.5 Å². The normalized spacial score (nSPS) is 23.7. The molecule has 0 spiro atoms. The number of rotatable bonds is 6. The Morgan fingerprint density at radius 3 is 2.84 bits per heavy atom. The summed E-state index contributed by atoms with van der Waals surface area (Å²) < 4.78 is 8.17. The van der Waals surface area contributed by atoms with Crippen LogP contribution in [0.2, 0.25) is 0 Å². The Bertz CT molecular complexity index is 1230. The minimum Gasteiger partial charge on any atom is -0.394 e. The number of benzene rings is 1. The Hall–Kier alpha value is -2.90. The zero-order chi connectivity index (χ0) is 21.5. The van der Waals surface area contributed by atoms with Crippen molar-refractivity contribution in [3.63, 3.8) is 0 Å². The largest absolute Gasteiger partial charge is 0.394 e. The number of ether oxygens (including phenoxy) is 1. The van der Waals surface area contributed by atoms with Crippen LogP contribution in [0.1, 0.15) is 11.8 Å². The van der Waals surface area contributed by atoms with Crippen molar-refractivity contribution in [3.05, 3.63) is 36.4 Å². The van der Waals surface area contributed by atoms with Crippen molar-refractivity contribution in [2.45, 2.75) is 31.0 Å². The van der Waals surface area contributed by atoms with Crippen LogP contribution < -0.4 is 11.1 Å². The van der Waals surface area contributed by atoms with E-state index in [9.17, 15) is 15.3 Å². The van der Waals surface area contributed by atoms with E-state index in [1.165, 1.54) is 28.6 Å². The highest BCUT2D eigenvalue weighted by molar-refractivity contribution is 7.22. The van der Waals surface area contributed by atoms with E-state index in [1.807, 2.05) is 18.2 Å². The van der Waals surface area contributed by atoms with Gasteiger partial charge in [-0.2, -0.15) is 0 Å². The fraction of sp³-hybridized carbons (Fsp3) is 0.368. The van der Waals surface area contributed by atoms with Crippen LogP contribution in [0.4, 0.5) is 10.9 Å². The first-order valence-corrected chi connectivity index (χ1v) is 10.6. The maximum Gasteiger partial charge on any atom is 0.181 e. The van der Waals surface area contributed by atoms with Gasteiger partial charge in [-0.15, -0.1) is 0 Å². The molecule has 31 heavy (non-hydrogen) atoms. The highest BCUT2D eigenvalue weighted by Crippen LogP contribution is 2.32. The zero-order valence-electron chi connectivity index (χ0n) is 16.3. The van der Waals surface area contributed by atoms with E-state index in [0.29, 0.717) is 35.1 Å². The van der Waals surface area contributed by atoms with Gasteiger partial charge < -0.3 is 31.1 Å². The van der Waals surface area contributed by atoms with Crippen LogP contribution in [0.25, 0.3) is 21.4 Å². The average molecular weight is 443 g/mol. The lowest BCUT2D eigenvalue weighted by atomic mass is 10.1. The first kappa shape index (κ1) is 20.0. The number of anilines is 2. The van der Waals surface area contributed by atoms with Crippen LogP contribution in [-0.2, 0) is 11.2 Å². The molecule has 0 radical (unpaired) electrons. The number of nitrogens with zero attached hydrogens (tertiary/aromatic N) is 5. The number of imidazole rings is 1. The molecular formula is C19H21N7O4S. The van der Waals surface area contributed by atoms with Crippen LogP contribution in [-0.4, -0.2) is 71.3 Å². The second kappa shape index (κ2) is 7.98. The molecule has 0 saturated carbocycles. The fourth-order valence-corrected chi connectivity index (χ4v) is 4.60. The summed E-state index contributed by atoms with van der Waals surface area (Å²) in [4.78, 5) is 17.3. The lowest BCUT2D eigenvalue weighted by Gasteiger charge is -2.16. The summed E-state index contributed by atoms with van der Waals surface area (Å²) in [6.45, 7) is 0.184. The van der Waals surface area contributed by atoms with E-state index in [1.54, 1.807) is 0 Å². The topological polar surface area (TPSA) is 164 Å². The molecule has 0 aliphatic carbocycles. The van der Waals surface area contributed by atoms with Gasteiger partial charge in [0, 0.05) is 6.54 Å². The average Bonchev–Trinajstić information content (AvgIpc) is 3.44. The molecule has 12 heteroatoms. The number of hydrogen-bond acceptors (Lipinski definition) is 11. The summed E-state index contributed by atoms with van der Waals surface area (Å²) in [7, 11) is 0. The molecule has 4 heterocycles. The van der Waals surface area contributed by atoms with Gasteiger partial charge in [0.2, 0.25) is 0 Å². The molecule has 11 nitrogen and oxygen atoms in total. The maximum absolute atomic E-state index is 10.3. The molecule has 1 aromatic carbocycles. The Kier molecular flexibility index (Phi) is 5.16. The van der Waals surface area contributed by atoms with Gasteiger partial charge in [0.05, 0.1) is 23.2 Å². The van der Waals surface area contributed by atoms with Crippen molar-refractivity contribution in [1.29, 1.82) is 0 Å². The van der Waals surface area contributed by atoms with Crippen molar-refractivity contribution >= 4 is 43.7 Å². The van der Waals surface area contributed by atoms with Crippen LogP contribution in [0.15, 0.2) is 30.9 Å². The van der Waals surface area contributed by atoms with Crippen molar-refractivity contribution in [2.75, 3.05) is 24.2 Å². The first-order valence-electron chi connectivity index (χ1n) is 9.74. The number of fused-ring (bicyclic) bond motifs is 2. The minimum atomic E-state index is -1.22. The molecule has 1 aliphatic heterocycles. The first-order chi connectivity index (χ1) is 15.1. The smallest absolute Gasteiger partial charge is 0.181 e. The molecule has 162 valence electrons. The summed E-state index contributed by atoms with van der Waals surface area (Å²) in [6, 6.07) is 6.01. The number of nitrogens with two attached hydrogens (primary N) is 1. The minimum absolute atomic E-state index is 0.402. The van der Waals surface area contributed by atoms with Crippen molar-refractivity contribution in [1.82, 2.24) is 24.5 Å². The number of nitrogens with one attached hydrogen (secondary N) is 1. The number of para-hydroxylation sites is 1. The highest BCUT2D eigenvalue weighted by atomic mass is 32.1. The van der Waals surface area contributed by atoms with Gasteiger partial charge in [-0.25, -0.2) is 19.9 Å². The third-order valence-corrected chi connectivity index (χ3v) is 6.21. The molecule has 6 N–H and O–H groups in total. The van der Waals surface area contributed by atoms with Gasteiger partial charge in [0.15, 0.2) is 28.3 Å². The molecule has 0 amide bonds. The number of hydrogen-bond donors (Lipinski definition) is 5. The van der Waals surface area contributed by atoms with Crippen molar-refractivity contribution < 1.29 is 20.1 Å². The van der Waals surface area contributed by atoms with E-state index >= 15 is 0 Å². The molecule has 1 saturated heterocycles. The molecule has 4 aromatic rings. The molecule has 1 aliphatic rings. The summed E-state index contributed by atoms with van der Waals surface area (Å²) in [5, 5.41) is 33.5. The fourth-order valence-electron chi connectivity index (χ4n) is 3.82. The maximum atomic E-state index is 10.3. The van der Waals surface area contributed by atoms with Gasteiger partial charge in [0.1, 0.15) is 24.6 Å².